The third-order valence-electron chi connectivity index (χ3n) is 3.71. The summed E-state index contributed by atoms with van der Waals surface area (Å²) in [6.07, 6.45) is 4.13. The van der Waals surface area contributed by atoms with Gasteiger partial charge in [-0.25, -0.2) is 0 Å². The first-order valence-electron chi connectivity index (χ1n) is 6.41. The van der Waals surface area contributed by atoms with Crippen molar-refractivity contribution in [2.45, 2.75) is 38.3 Å². The average Bonchev–Trinajstić information content (AvgIpc) is 3.02. The molecule has 88 valence electrons. The first-order chi connectivity index (χ1) is 7.25. The summed E-state index contributed by atoms with van der Waals surface area (Å²) < 4.78 is 0. The maximum atomic E-state index is 3.58. The third-order valence-corrected chi connectivity index (χ3v) is 3.71. The molecule has 0 aromatic carbocycles. The Morgan fingerprint density at radius 3 is 2.73 bits per heavy atom. The van der Waals surface area contributed by atoms with E-state index in [1.54, 1.807) is 0 Å². The van der Waals surface area contributed by atoms with Gasteiger partial charge in [-0.15, -0.1) is 0 Å². The topological polar surface area (TPSA) is 18.5 Å². The summed E-state index contributed by atoms with van der Waals surface area (Å²) in [4.78, 5) is 5.07. The molecule has 1 atom stereocenters. The molecule has 2 rings (SSSR count). The van der Waals surface area contributed by atoms with Gasteiger partial charge < -0.3 is 15.1 Å². The fraction of sp³-hybridized carbons (Fsp3) is 1.00. The highest BCUT2D eigenvalue weighted by molar-refractivity contribution is 4.81. The Morgan fingerprint density at radius 1 is 1.27 bits per heavy atom. The molecular formula is C12H25N3. The second kappa shape index (κ2) is 5.28. The molecule has 1 aliphatic heterocycles. The van der Waals surface area contributed by atoms with Gasteiger partial charge in [0.1, 0.15) is 0 Å². The van der Waals surface area contributed by atoms with E-state index in [1.807, 2.05) is 0 Å². The van der Waals surface area contributed by atoms with Crippen LogP contribution in [0.3, 0.4) is 0 Å². The van der Waals surface area contributed by atoms with Crippen molar-refractivity contribution in [3.63, 3.8) is 0 Å². The van der Waals surface area contributed by atoms with E-state index in [-0.39, 0.29) is 0 Å². The molecule has 0 radical (unpaired) electrons. The molecule has 1 unspecified atom stereocenters. The van der Waals surface area contributed by atoms with Crippen LogP contribution in [0.4, 0.5) is 0 Å². The fourth-order valence-electron chi connectivity index (χ4n) is 2.22. The molecule has 1 saturated heterocycles. The van der Waals surface area contributed by atoms with Gasteiger partial charge in [-0.2, -0.15) is 0 Å². The fourth-order valence-corrected chi connectivity index (χ4v) is 2.22. The van der Waals surface area contributed by atoms with Gasteiger partial charge in [-0.3, -0.25) is 0 Å². The van der Waals surface area contributed by atoms with Gasteiger partial charge >= 0.3 is 0 Å². The van der Waals surface area contributed by atoms with Crippen LogP contribution in [0.15, 0.2) is 0 Å². The minimum Gasteiger partial charge on any atom is -0.314 e. The molecule has 3 heteroatoms. The van der Waals surface area contributed by atoms with Crippen LogP contribution in [0.1, 0.15) is 26.2 Å². The summed E-state index contributed by atoms with van der Waals surface area (Å²) >= 11 is 0. The van der Waals surface area contributed by atoms with E-state index in [2.05, 4.69) is 29.1 Å². The summed E-state index contributed by atoms with van der Waals surface area (Å²) in [5.41, 5.74) is 0. The SMILES string of the molecule is CC1CN(CCCNC2CC2)CCN1C. The normalized spacial score (nSPS) is 29.6. The molecule has 0 aromatic rings. The number of hydrogen-bond acceptors (Lipinski definition) is 3. The summed E-state index contributed by atoms with van der Waals surface area (Å²) in [5, 5.41) is 3.58. The number of rotatable bonds is 5. The molecule has 0 amide bonds. The van der Waals surface area contributed by atoms with Crippen LogP contribution in [-0.4, -0.2) is 61.7 Å². The molecule has 1 heterocycles. The average molecular weight is 211 g/mol. The summed E-state index contributed by atoms with van der Waals surface area (Å²) in [6, 6.07) is 1.60. The van der Waals surface area contributed by atoms with Crippen LogP contribution < -0.4 is 5.32 Å². The number of nitrogens with one attached hydrogen (secondary N) is 1. The number of nitrogens with zero attached hydrogens (tertiary/aromatic N) is 2. The maximum absolute atomic E-state index is 3.58. The van der Waals surface area contributed by atoms with E-state index in [4.69, 9.17) is 0 Å². The van der Waals surface area contributed by atoms with Gasteiger partial charge in [-0.1, -0.05) is 0 Å². The summed E-state index contributed by atoms with van der Waals surface area (Å²) in [7, 11) is 2.23. The lowest BCUT2D eigenvalue weighted by Crippen LogP contribution is -2.50. The van der Waals surface area contributed by atoms with E-state index in [0.29, 0.717) is 0 Å². The Bertz CT molecular complexity index is 191. The molecule has 1 aliphatic carbocycles. The van der Waals surface area contributed by atoms with Crippen LogP contribution in [-0.2, 0) is 0 Å². The quantitative estimate of drug-likeness (QED) is 0.678. The van der Waals surface area contributed by atoms with Crippen molar-refractivity contribution in [1.29, 1.82) is 0 Å². The highest BCUT2D eigenvalue weighted by Gasteiger charge is 2.21. The van der Waals surface area contributed by atoms with Gasteiger partial charge in [0, 0.05) is 31.7 Å². The van der Waals surface area contributed by atoms with E-state index >= 15 is 0 Å². The zero-order valence-electron chi connectivity index (χ0n) is 10.2. The van der Waals surface area contributed by atoms with Crippen LogP contribution in [0.2, 0.25) is 0 Å². The Kier molecular flexibility index (Phi) is 4.00. The van der Waals surface area contributed by atoms with Crippen molar-refractivity contribution in [2.75, 3.05) is 39.8 Å². The van der Waals surface area contributed by atoms with Crippen LogP contribution >= 0.6 is 0 Å². The number of piperazine rings is 1. The molecule has 3 nitrogen and oxygen atoms in total. The first-order valence-corrected chi connectivity index (χ1v) is 6.41. The largest absolute Gasteiger partial charge is 0.314 e. The predicted molar refractivity (Wildman–Crippen MR) is 64.2 cm³/mol. The third kappa shape index (κ3) is 3.74. The zero-order chi connectivity index (χ0) is 10.7. The van der Waals surface area contributed by atoms with Crippen LogP contribution in [0.25, 0.3) is 0 Å². The van der Waals surface area contributed by atoms with E-state index in [1.165, 1.54) is 52.0 Å². The molecule has 2 fully saturated rings. The molecule has 1 saturated carbocycles. The molecule has 0 aromatic heterocycles. The summed E-state index contributed by atoms with van der Waals surface area (Å²) in [5.74, 6) is 0. The maximum Gasteiger partial charge on any atom is 0.0192 e. The molecule has 15 heavy (non-hydrogen) atoms. The Morgan fingerprint density at radius 2 is 2.07 bits per heavy atom. The molecule has 0 spiro atoms. The monoisotopic (exact) mass is 211 g/mol. The van der Waals surface area contributed by atoms with Crippen molar-refractivity contribution in [1.82, 2.24) is 15.1 Å². The Labute approximate surface area is 93.8 Å². The van der Waals surface area contributed by atoms with Crippen molar-refractivity contribution in [3.05, 3.63) is 0 Å². The van der Waals surface area contributed by atoms with Crippen molar-refractivity contribution >= 4 is 0 Å². The van der Waals surface area contributed by atoms with E-state index < -0.39 is 0 Å². The van der Waals surface area contributed by atoms with Gasteiger partial charge in [-0.05, 0) is 46.3 Å². The van der Waals surface area contributed by atoms with Gasteiger partial charge in [0.15, 0.2) is 0 Å². The lowest BCUT2D eigenvalue weighted by Gasteiger charge is -2.37. The highest BCUT2D eigenvalue weighted by atomic mass is 15.3. The van der Waals surface area contributed by atoms with E-state index in [0.717, 1.165) is 12.1 Å². The van der Waals surface area contributed by atoms with Crippen molar-refractivity contribution in [2.24, 2.45) is 0 Å². The van der Waals surface area contributed by atoms with Gasteiger partial charge in [0.05, 0.1) is 0 Å². The Hall–Kier alpha value is -0.120. The Balaban J connectivity index is 1.54. The molecule has 2 aliphatic rings. The zero-order valence-corrected chi connectivity index (χ0v) is 10.2. The van der Waals surface area contributed by atoms with Crippen LogP contribution in [0, 0.1) is 0 Å². The molecular weight excluding hydrogens is 186 g/mol. The second-order valence-electron chi connectivity index (χ2n) is 5.21. The van der Waals surface area contributed by atoms with E-state index in [9.17, 15) is 0 Å². The smallest absolute Gasteiger partial charge is 0.0192 e. The van der Waals surface area contributed by atoms with Gasteiger partial charge in [0.25, 0.3) is 0 Å². The van der Waals surface area contributed by atoms with Crippen LogP contribution in [0.5, 0.6) is 0 Å². The van der Waals surface area contributed by atoms with Gasteiger partial charge in [0.2, 0.25) is 0 Å². The number of likely N-dealkylation sites (N-methyl/N-ethyl adjacent to an activating group) is 1. The second-order valence-corrected chi connectivity index (χ2v) is 5.21. The standard InChI is InChI=1S/C12H25N3/c1-11-10-15(9-8-14(11)2)7-3-6-13-12-4-5-12/h11-13H,3-10H2,1-2H3. The molecule has 1 N–H and O–H groups in total. The first kappa shape index (κ1) is 11.4. The minimum atomic E-state index is 0.732. The predicted octanol–water partition coefficient (Wildman–Crippen LogP) is 0.764. The van der Waals surface area contributed by atoms with Crippen molar-refractivity contribution < 1.29 is 0 Å². The molecule has 0 bridgehead atoms. The minimum absolute atomic E-state index is 0.732. The summed E-state index contributed by atoms with van der Waals surface area (Å²) in [6.45, 7) is 8.55. The lowest BCUT2D eigenvalue weighted by atomic mass is 10.2. The van der Waals surface area contributed by atoms with Crippen molar-refractivity contribution in [3.8, 4) is 0 Å². The lowest BCUT2D eigenvalue weighted by molar-refractivity contribution is 0.104. The highest BCUT2D eigenvalue weighted by Crippen LogP contribution is 2.18. The number of hydrogen-bond donors (Lipinski definition) is 1.